The summed E-state index contributed by atoms with van der Waals surface area (Å²) in [6.45, 7) is 0.914. The van der Waals surface area contributed by atoms with E-state index >= 15 is 0 Å². The maximum Gasteiger partial charge on any atom is 0.0473 e. The smallest absolute Gasteiger partial charge is 0.0473 e. The molecule has 0 spiro atoms. The minimum atomic E-state index is 0.270. The van der Waals surface area contributed by atoms with E-state index in [9.17, 15) is 0 Å². The van der Waals surface area contributed by atoms with Crippen LogP contribution in [-0.4, -0.2) is 29.8 Å². The van der Waals surface area contributed by atoms with Crippen LogP contribution < -0.4 is 5.73 Å². The standard InChI is InChI=1S/C8H17NOS/c9-5-8(6-10)7-1-3-11-4-2-7/h7-8,10H,1-6,9H2. The second kappa shape index (κ2) is 5.01. The van der Waals surface area contributed by atoms with Gasteiger partial charge in [0, 0.05) is 6.61 Å². The minimum Gasteiger partial charge on any atom is -0.396 e. The Bertz CT molecular complexity index is 100. The zero-order chi connectivity index (χ0) is 8.10. The number of aliphatic hydroxyl groups excluding tert-OH is 1. The number of hydrogen-bond acceptors (Lipinski definition) is 3. The Hall–Kier alpha value is 0.270. The van der Waals surface area contributed by atoms with Crippen molar-refractivity contribution in [3.05, 3.63) is 0 Å². The minimum absolute atomic E-state index is 0.270. The Morgan fingerprint density at radius 1 is 1.45 bits per heavy atom. The first-order valence-corrected chi connectivity index (χ1v) is 5.42. The van der Waals surface area contributed by atoms with E-state index in [0.717, 1.165) is 0 Å². The normalized spacial score (nSPS) is 23.5. The number of nitrogens with two attached hydrogens (primary N) is 1. The van der Waals surface area contributed by atoms with Gasteiger partial charge in [0.25, 0.3) is 0 Å². The summed E-state index contributed by atoms with van der Waals surface area (Å²) in [7, 11) is 0. The summed E-state index contributed by atoms with van der Waals surface area (Å²) in [5.74, 6) is 3.55. The lowest BCUT2D eigenvalue weighted by Crippen LogP contribution is -2.29. The highest BCUT2D eigenvalue weighted by Crippen LogP contribution is 2.28. The molecule has 1 unspecified atom stereocenters. The molecule has 11 heavy (non-hydrogen) atoms. The van der Waals surface area contributed by atoms with Crippen molar-refractivity contribution in [3.63, 3.8) is 0 Å². The fraction of sp³-hybridized carbons (Fsp3) is 1.00. The van der Waals surface area contributed by atoms with Gasteiger partial charge >= 0.3 is 0 Å². The highest BCUT2D eigenvalue weighted by atomic mass is 32.2. The molecule has 0 aliphatic carbocycles. The van der Waals surface area contributed by atoms with Crippen LogP contribution in [0.1, 0.15) is 12.8 Å². The van der Waals surface area contributed by atoms with Crippen molar-refractivity contribution >= 4 is 11.8 Å². The topological polar surface area (TPSA) is 46.2 Å². The molecule has 0 saturated carbocycles. The van der Waals surface area contributed by atoms with Crippen LogP contribution in [-0.2, 0) is 0 Å². The Labute approximate surface area is 72.5 Å². The van der Waals surface area contributed by atoms with E-state index < -0.39 is 0 Å². The van der Waals surface area contributed by atoms with E-state index in [2.05, 4.69) is 0 Å². The van der Waals surface area contributed by atoms with Gasteiger partial charge in [0.05, 0.1) is 0 Å². The van der Waals surface area contributed by atoms with Crippen LogP contribution in [0.5, 0.6) is 0 Å². The first kappa shape index (κ1) is 9.36. The first-order chi connectivity index (χ1) is 5.38. The summed E-state index contributed by atoms with van der Waals surface area (Å²) < 4.78 is 0. The Kier molecular flexibility index (Phi) is 4.26. The van der Waals surface area contributed by atoms with Crippen molar-refractivity contribution < 1.29 is 5.11 Å². The number of aliphatic hydroxyl groups is 1. The quantitative estimate of drug-likeness (QED) is 0.663. The summed E-state index contributed by atoms with van der Waals surface area (Å²) in [5, 5.41) is 8.99. The molecular formula is C8H17NOS. The van der Waals surface area contributed by atoms with Crippen molar-refractivity contribution in [1.29, 1.82) is 0 Å². The summed E-state index contributed by atoms with van der Waals surface area (Å²) in [6, 6.07) is 0. The average molecular weight is 175 g/mol. The molecule has 0 radical (unpaired) electrons. The summed E-state index contributed by atoms with van der Waals surface area (Å²) in [6.07, 6.45) is 2.49. The molecule has 1 rings (SSSR count). The summed E-state index contributed by atoms with van der Waals surface area (Å²) in [4.78, 5) is 0. The third kappa shape index (κ3) is 2.65. The number of thioether (sulfide) groups is 1. The molecule has 0 aromatic heterocycles. The average Bonchev–Trinajstić information content (AvgIpc) is 2.09. The predicted molar refractivity (Wildman–Crippen MR) is 49.7 cm³/mol. The van der Waals surface area contributed by atoms with Crippen LogP contribution in [0.15, 0.2) is 0 Å². The van der Waals surface area contributed by atoms with Crippen molar-refractivity contribution in [2.75, 3.05) is 24.7 Å². The van der Waals surface area contributed by atoms with Crippen LogP contribution in [0.4, 0.5) is 0 Å². The van der Waals surface area contributed by atoms with Gasteiger partial charge in [0.15, 0.2) is 0 Å². The van der Waals surface area contributed by atoms with E-state index in [1.807, 2.05) is 11.8 Å². The third-order valence-corrected chi connectivity index (χ3v) is 3.52. The van der Waals surface area contributed by atoms with Gasteiger partial charge in [-0.05, 0) is 42.7 Å². The molecular weight excluding hydrogens is 158 g/mol. The molecule has 2 nitrogen and oxygen atoms in total. The monoisotopic (exact) mass is 175 g/mol. The maximum absolute atomic E-state index is 8.99. The molecule has 0 aromatic carbocycles. The van der Waals surface area contributed by atoms with Gasteiger partial charge in [-0.25, -0.2) is 0 Å². The lowest BCUT2D eigenvalue weighted by molar-refractivity contribution is 0.173. The molecule has 3 heteroatoms. The molecule has 1 heterocycles. The molecule has 0 bridgehead atoms. The van der Waals surface area contributed by atoms with Crippen molar-refractivity contribution in [1.82, 2.24) is 0 Å². The number of hydrogen-bond donors (Lipinski definition) is 2. The van der Waals surface area contributed by atoms with Crippen LogP contribution >= 0.6 is 11.8 Å². The lowest BCUT2D eigenvalue weighted by Gasteiger charge is -2.27. The zero-order valence-corrected chi connectivity index (χ0v) is 7.65. The Morgan fingerprint density at radius 3 is 2.55 bits per heavy atom. The molecule has 1 aliphatic rings. The van der Waals surface area contributed by atoms with E-state index in [-0.39, 0.29) is 6.61 Å². The van der Waals surface area contributed by atoms with Crippen LogP contribution in [0.2, 0.25) is 0 Å². The van der Waals surface area contributed by atoms with Gasteiger partial charge in [-0.1, -0.05) is 0 Å². The van der Waals surface area contributed by atoms with E-state index in [1.165, 1.54) is 24.3 Å². The van der Waals surface area contributed by atoms with Crippen LogP contribution in [0.25, 0.3) is 0 Å². The molecule has 0 amide bonds. The second-order valence-corrected chi connectivity index (χ2v) is 4.35. The molecule has 3 N–H and O–H groups in total. The van der Waals surface area contributed by atoms with Gasteiger partial charge in [-0.3, -0.25) is 0 Å². The van der Waals surface area contributed by atoms with Gasteiger partial charge in [-0.2, -0.15) is 11.8 Å². The molecule has 1 fully saturated rings. The highest BCUT2D eigenvalue weighted by Gasteiger charge is 2.21. The van der Waals surface area contributed by atoms with Crippen LogP contribution in [0, 0.1) is 11.8 Å². The van der Waals surface area contributed by atoms with Gasteiger partial charge in [0.2, 0.25) is 0 Å². The fourth-order valence-electron chi connectivity index (χ4n) is 1.60. The molecule has 1 aliphatic heterocycles. The second-order valence-electron chi connectivity index (χ2n) is 3.13. The molecule has 1 atom stereocenters. The van der Waals surface area contributed by atoms with Gasteiger partial charge in [-0.15, -0.1) is 0 Å². The van der Waals surface area contributed by atoms with E-state index in [1.54, 1.807) is 0 Å². The number of rotatable bonds is 3. The Morgan fingerprint density at radius 2 is 2.09 bits per heavy atom. The Balaban J connectivity index is 2.30. The predicted octanol–water partition coefficient (Wildman–Crippen LogP) is 0.697. The van der Waals surface area contributed by atoms with Gasteiger partial charge < -0.3 is 10.8 Å². The maximum atomic E-state index is 8.99. The van der Waals surface area contributed by atoms with Crippen molar-refractivity contribution in [3.8, 4) is 0 Å². The summed E-state index contributed by atoms with van der Waals surface area (Å²) >= 11 is 2.01. The SMILES string of the molecule is NCC(CO)C1CCSCC1. The highest BCUT2D eigenvalue weighted by molar-refractivity contribution is 7.99. The summed E-state index contributed by atoms with van der Waals surface area (Å²) in [5.41, 5.74) is 5.55. The van der Waals surface area contributed by atoms with Crippen molar-refractivity contribution in [2.45, 2.75) is 12.8 Å². The van der Waals surface area contributed by atoms with E-state index in [0.29, 0.717) is 18.4 Å². The zero-order valence-electron chi connectivity index (χ0n) is 6.83. The van der Waals surface area contributed by atoms with Crippen LogP contribution in [0.3, 0.4) is 0 Å². The van der Waals surface area contributed by atoms with Gasteiger partial charge in [0.1, 0.15) is 0 Å². The largest absolute Gasteiger partial charge is 0.396 e. The first-order valence-electron chi connectivity index (χ1n) is 4.27. The van der Waals surface area contributed by atoms with E-state index in [4.69, 9.17) is 10.8 Å². The molecule has 1 saturated heterocycles. The fourth-order valence-corrected chi connectivity index (χ4v) is 2.75. The van der Waals surface area contributed by atoms with Crippen molar-refractivity contribution in [2.24, 2.45) is 17.6 Å². The molecule has 0 aromatic rings. The third-order valence-electron chi connectivity index (χ3n) is 2.47. The molecule has 66 valence electrons. The lowest BCUT2D eigenvalue weighted by atomic mass is 9.88.